The number of benzene rings is 2. The van der Waals surface area contributed by atoms with Crippen LogP contribution in [0.25, 0.3) is 11.1 Å². The zero-order valence-electron chi connectivity index (χ0n) is 12.4. The van der Waals surface area contributed by atoms with Crippen molar-refractivity contribution in [2.24, 2.45) is 0 Å². The van der Waals surface area contributed by atoms with E-state index in [4.69, 9.17) is 4.74 Å². The van der Waals surface area contributed by atoms with E-state index in [1.165, 1.54) is 12.7 Å². The van der Waals surface area contributed by atoms with Crippen molar-refractivity contribution in [3.63, 3.8) is 0 Å². The summed E-state index contributed by atoms with van der Waals surface area (Å²) in [6.07, 6.45) is 0. The van der Waals surface area contributed by atoms with E-state index < -0.39 is 0 Å². The second-order valence-electron chi connectivity index (χ2n) is 5.87. The highest BCUT2D eigenvalue weighted by Gasteiger charge is 2.19. The Balaban J connectivity index is 2.64. The molecule has 0 aliphatic rings. The molecule has 0 aromatic heterocycles. The van der Waals surface area contributed by atoms with Gasteiger partial charge < -0.3 is 4.74 Å². The first-order valence-corrected chi connectivity index (χ1v) is 6.72. The summed E-state index contributed by atoms with van der Waals surface area (Å²) >= 11 is 0. The molecule has 0 saturated heterocycles. The summed E-state index contributed by atoms with van der Waals surface area (Å²) in [4.78, 5) is 11.9. The lowest BCUT2D eigenvalue weighted by Crippen LogP contribution is -2.12. The van der Waals surface area contributed by atoms with Gasteiger partial charge in [0, 0.05) is 0 Å². The van der Waals surface area contributed by atoms with Gasteiger partial charge in [0.2, 0.25) is 0 Å². The highest BCUT2D eigenvalue weighted by molar-refractivity contribution is 5.97. The van der Waals surface area contributed by atoms with E-state index in [-0.39, 0.29) is 11.4 Å². The van der Waals surface area contributed by atoms with Crippen LogP contribution in [0.4, 0.5) is 0 Å². The molecule has 0 atom stereocenters. The molecule has 0 aliphatic carbocycles. The van der Waals surface area contributed by atoms with Crippen molar-refractivity contribution in [2.75, 3.05) is 7.11 Å². The Hall–Kier alpha value is -2.09. The van der Waals surface area contributed by atoms with Crippen LogP contribution in [-0.4, -0.2) is 13.1 Å². The standard InChI is InChI=1S/C18H20O2/c1-18(2,3)14-10-11-15(17(19)20-4)16(12-14)13-8-6-5-7-9-13/h5-12H,1-4H3. The molecule has 0 bridgehead atoms. The number of rotatable bonds is 2. The van der Waals surface area contributed by atoms with Gasteiger partial charge in [-0.3, -0.25) is 0 Å². The fourth-order valence-corrected chi connectivity index (χ4v) is 2.16. The summed E-state index contributed by atoms with van der Waals surface area (Å²) in [5.74, 6) is -0.302. The third kappa shape index (κ3) is 2.90. The molecule has 2 aromatic carbocycles. The number of hydrogen-bond donors (Lipinski definition) is 0. The first-order valence-electron chi connectivity index (χ1n) is 6.72. The van der Waals surface area contributed by atoms with E-state index in [9.17, 15) is 4.79 Å². The van der Waals surface area contributed by atoms with Gasteiger partial charge in [0.05, 0.1) is 12.7 Å². The van der Waals surface area contributed by atoms with Crippen LogP contribution in [-0.2, 0) is 10.2 Å². The van der Waals surface area contributed by atoms with E-state index in [0.29, 0.717) is 5.56 Å². The van der Waals surface area contributed by atoms with Crippen LogP contribution in [0.3, 0.4) is 0 Å². The Labute approximate surface area is 120 Å². The van der Waals surface area contributed by atoms with Gasteiger partial charge in [-0.15, -0.1) is 0 Å². The van der Waals surface area contributed by atoms with Gasteiger partial charge in [-0.2, -0.15) is 0 Å². The quantitative estimate of drug-likeness (QED) is 0.753. The van der Waals surface area contributed by atoms with Gasteiger partial charge in [-0.1, -0.05) is 57.2 Å². The smallest absolute Gasteiger partial charge is 0.338 e. The van der Waals surface area contributed by atoms with Crippen LogP contribution in [0.2, 0.25) is 0 Å². The van der Waals surface area contributed by atoms with Gasteiger partial charge in [-0.05, 0) is 34.2 Å². The zero-order chi connectivity index (χ0) is 14.8. The molecule has 2 heteroatoms. The monoisotopic (exact) mass is 268 g/mol. The summed E-state index contributed by atoms with van der Waals surface area (Å²) in [5, 5.41) is 0. The summed E-state index contributed by atoms with van der Waals surface area (Å²) in [6, 6.07) is 15.9. The maximum absolute atomic E-state index is 11.9. The van der Waals surface area contributed by atoms with E-state index in [0.717, 1.165) is 11.1 Å². The second kappa shape index (κ2) is 5.49. The van der Waals surface area contributed by atoms with Crippen molar-refractivity contribution in [3.8, 4) is 11.1 Å². The summed E-state index contributed by atoms with van der Waals surface area (Å²) in [5.41, 5.74) is 3.79. The summed E-state index contributed by atoms with van der Waals surface area (Å²) in [7, 11) is 1.41. The molecule has 0 amide bonds. The van der Waals surface area contributed by atoms with Crippen molar-refractivity contribution >= 4 is 5.97 Å². The molecule has 0 fully saturated rings. The van der Waals surface area contributed by atoms with E-state index in [2.05, 4.69) is 26.8 Å². The van der Waals surface area contributed by atoms with Crippen molar-refractivity contribution in [1.82, 2.24) is 0 Å². The SMILES string of the molecule is COC(=O)c1ccc(C(C)(C)C)cc1-c1ccccc1. The first-order chi connectivity index (χ1) is 9.43. The van der Waals surface area contributed by atoms with Crippen molar-refractivity contribution in [3.05, 3.63) is 59.7 Å². The predicted molar refractivity (Wildman–Crippen MR) is 81.9 cm³/mol. The van der Waals surface area contributed by atoms with E-state index >= 15 is 0 Å². The molecule has 0 saturated carbocycles. The fraction of sp³-hybridized carbons (Fsp3) is 0.278. The average Bonchev–Trinajstić information content (AvgIpc) is 2.46. The minimum absolute atomic E-state index is 0.0399. The Kier molecular flexibility index (Phi) is 3.93. The average molecular weight is 268 g/mol. The van der Waals surface area contributed by atoms with Crippen LogP contribution >= 0.6 is 0 Å². The van der Waals surface area contributed by atoms with Gasteiger partial charge in [-0.25, -0.2) is 4.79 Å². The number of methoxy groups -OCH3 is 1. The Bertz CT molecular complexity index is 607. The topological polar surface area (TPSA) is 26.3 Å². The number of esters is 1. The molecule has 2 aromatic rings. The molecule has 2 rings (SSSR count). The zero-order valence-corrected chi connectivity index (χ0v) is 12.4. The molecule has 0 N–H and O–H groups in total. The van der Waals surface area contributed by atoms with Crippen LogP contribution in [0.15, 0.2) is 48.5 Å². The Morgan fingerprint density at radius 3 is 2.20 bits per heavy atom. The van der Waals surface area contributed by atoms with Gasteiger partial charge in [0.25, 0.3) is 0 Å². The third-order valence-electron chi connectivity index (χ3n) is 3.38. The van der Waals surface area contributed by atoms with E-state index in [1.54, 1.807) is 0 Å². The third-order valence-corrected chi connectivity index (χ3v) is 3.38. The number of ether oxygens (including phenoxy) is 1. The lowest BCUT2D eigenvalue weighted by Gasteiger charge is -2.21. The predicted octanol–water partition coefficient (Wildman–Crippen LogP) is 4.44. The minimum Gasteiger partial charge on any atom is -0.465 e. The number of hydrogen-bond acceptors (Lipinski definition) is 2. The molecule has 0 radical (unpaired) electrons. The highest BCUT2D eigenvalue weighted by Crippen LogP contribution is 2.30. The maximum atomic E-state index is 11.9. The minimum atomic E-state index is -0.302. The molecule has 0 unspecified atom stereocenters. The normalized spacial score (nSPS) is 11.2. The Morgan fingerprint density at radius 1 is 1.00 bits per heavy atom. The molecular formula is C18H20O2. The van der Waals surface area contributed by atoms with Crippen LogP contribution < -0.4 is 0 Å². The molecule has 20 heavy (non-hydrogen) atoms. The highest BCUT2D eigenvalue weighted by atomic mass is 16.5. The van der Waals surface area contributed by atoms with Crippen molar-refractivity contribution in [1.29, 1.82) is 0 Å². The van der Waals surface area contributed by atoms with Crippen LogP contribution in [0, 0.1) is 0 Å². The van der Waals surface area contributed by atoms with Crippen molar-refractivity contribution < 1.29 is 9.53 Å². The molecular weight excluding hydrogens is 248 g/mol. The van der Waals surface area contributed by atoms with E-state index in [1.807, 2.05) is 42.5 Å². The van der Waals surface area contributed by atoms with Crippen molar-refractivity contribution in [2.45, 2.75) is 26.2 Å². The van der Waals surface area contributed by atoms with Gasteiger partial charge in [0.1, 0.15) is 0 Å². The van der Waals surface area contributed by atoms with Crippen LogP contribution in [0.1, 0.15) is 36.7 Å². The Morgan fingerprint density at radius 2 is 1.65 bits per heavy atom. The van der Waals surface area contributed by atoms with Gasteiger partial charge in [0.15, 0.2) is 0 Å². The van der Waals surface area contributed by atoms with Gasteiger partial charge >= 0.3 is 5.97 Å². The molecule has 2 nitrogen and oxygen atoms in total. The maximum Gasteiger partial charge on any atom is 0.338 e. The lowest BCUT2D eigenvalue weighted by atomic mass is 9.84. The second-order valence-corrected chi connectivity index (χ2v) is 5.87. The fourth-order valence-electron chi connectivity index (χ4n) is 2.16. The first kappa shape index (κ1) is 14.3. The molecule has 0 spiro atoms. The lowest BCUT2D eigenvalue weighted by molar-refractivity contribution is 0.0601. The van der Waals surface area contributed by atoms with Crippen LogP contribution in [0.5, 0.6) is 0 Å². The number of carbonyl (C=O) groups is 1. The number of carbonyl (C=O) groups excluding carboxylic acids is 1. The summed E-state index contributed by atoms with van der Waals surface area (Å²) < 4.78 is 4.88. The summed E-state index contributed by atoms with van der Waals surface area (Å²) in [6.45, 7) is 6.48. The largest absolute Gasteiger partial charge is 0.465 e. The molecule has 0 heterocycles. The molecule has 0 aliphatic heterocycles. The molecule has 104 valence electrons.